The topological polar surface area (TPSA) is 96.2 Å². The summed E-state index contributed by atoms with van der Waals surface area (Å²) < 4.78 is 2.04. The predicted molar refractivity (Wildman–Crippen MR) is 131 cm³/mol. The molecule has 0 aliphatic rings. The van der Waals surface area contributed by atoms with E-state index in [0.29, 0.717) is 18.7 Å². The highest BCUT2D eigenvalue weighted by atomic mass is 127. The Kier molecular flexibility index (Phi) is 12.0. The fraction of sp³-hybridized carbons (Fsp3) is 0.524. The van der Waals surface area contributed by atoms with Crippen LogP contribution in [-0.4, -0.2) is 45.8 Å². The van der Waals surface area contributed by atoms with Crippen molar-refractivity contribution in [3.63, 3.8) is 0 Å². The number of halogens is 1. The van der Waals surface area contributed by atoms with E-state index in [4.69, 9.17) is 0 Å². The number of benzene rings is 1. The molecule has 1 amide bonds. The molecule has 0 saturated heterocycles. The fourth-order valence-electron chi connectivity index (χ4n) is 2.77. The molecule has 1 atom stereocenters. The van der Waals surface area contributed by atoms with Crippen LogP contribution in [0.5, 0.6) is 0 Å². The summed E-state index contributed by atoms with van der Waals surface area (Å²) in [5.41, 5.74) is 1.65. The second-order valence-electron chi connectivity index (χ2n) is 6.90. The molecule has 1 heterocycles. The summed E-state index contributed by atoms with van der Waals surface area (Å²) in [4.78, 5) is 17.0. The lowest BCUT2D eigenvalue weighted by Gasteiger charge is -2.13. The zero-order valence-electron chi connectivity index (χ0n) is 18.3. The highest BCUT2D eigenvalue weighted by molar-refractivity contribution is 14.0. The smallest absolute Gasteiger partial charge is 0.251 e. The van der Waals surface area contributed by atoms with Crippen molar-refractivity contribution in [2.45, 2.75) is 59.7 Å². The summed E-state index contributed by atoms with van der Waals surface area (Å²) in [5.74, 6) is 1.67. The first-order valence-electron chi connectivity index (χ1n) is 10.4. The van der Waals surface area contributed by atoms with E-state index >= 15 is 0 Å². The van der Waals surface area contributed by atoms with E-state index in [1.165, 1.54) is 0 Å². The first-order chi connectivity index (χ1) is 14.1. The van der Waals surface area contributed by atoms with Crippen LogP contribution in [0.25, 0.3) is 0 Å². The Morgan fingerprint density at radius 3 is 2.73 bits per heavy atom. The van der Waals surface area contributed by atoms with Crippen LogP contribution in [0.4, 0.5) is 0 Å². The number of carbonyl (C=O) groups is 1. The van der Waals surface area contributed by atoms with Gasteiger partial charge in [0.25, 0.3) is 5.91 Å². The van der Waals surface area contributed by atoms with E-state index in [-0.39, 0.29) is 35.9 Å². The lowest BCUT2D eigenvalue weighted by atomic mass is 10.1. The molecule has 0 fully saturated rings. The first kappa shape index (κ1) is 25.9. The zero-order chi connectivity index (χ0) is 21.1. The van der Waals surface area contributed by atoms with Gasteiger partial charge in [0.1, 0.15) is 12.2 Å². The average molecular weight is 527 g/mol. The van der Waals surface area contributed by atoms with Crippen LogP contribution in [0, 0.1) is 0 Å². The first-order valence-corrected chi connectivity index (χ1v) is 10.4. The molecule has 2 rings (SSSR count). The monoisotopic (exact) mass is 527 g/mol. The van der Waals surface area contributed by atoms with Gasteiger partial charge in [0.15, 0.2) is 5.96 Å². The number of nitrogens with one attached hydrogen (secondary N) is 3. The van der Waals surface area contributed by atoms with Gasteiger partial charge in [-0.3, -0.25) is 4.79 Å². The SMILES string of the molecule is CCNC(=NCc1cccc(C(=O)NC(C)CC)c1)NCCn1cnnc1CC.I. The molecule has 166 valence electrons. The summed E-state index contributed by atoms with van der Waals surface area (Å²) >= 11 is 0. The number of carbonyl (C=O) groups excluding carboxylic acids is 1. The van der Waals surface area contributed by atoms with Gasteiger partial charge in [-0.2, -0.15) is 0 Å². The molecule has 3 N–H and O–H groups in total. The maximum Gasteiger partial charge on any atom is 0.251 e. The molecule has 0 radical (unpaired) electrons. The van der Waals surface area contributed by atoms with Crippen molar-refractivity contribution < 1.29 is 4.79 Å². The molecule has 8 nitrogen and oxygen atoms in total. The third-order valence-corrected chi connectivity index (χ3v) is 4.60. The van der Waals surface area contributed by atoms with Gasteiger partial charge in [0.05, 0.1) is 6.54 Å². The minimum absolute atomic E-state index is 0. The maximum atomic E-state index is 12.3. The molecule has 0 aliphatic carbocycles. The van der Waals surface area contributed by atoms with Crippen LogP contribution < -0.4 is 16.0 Å². The third-order valence-electron chi connectivity index (χ3n) is 4.60. The van der Waals surface area contributed by atoms with Gasteiger partial charge in [-0.1, -0.05) is 26.0 Å². The molecule has 0 bridgehead atoms. The highest BCUT2D eigenvalue weighted by Gasteiger charge is 2.09. The molecule has 1 unspecified atom stereocenters. The zero-order valence-corrected chi connectivity index (χ0v) is 20.6. The second-order valence-corrected chi connectivity index (χ2v) is 6.90. The third kappa shape index (κ3) is 8.29. The van der Waals surface area contributed by atoms with Crippen molar-refractivity contribution in [2.24, 2.45) is 4.99 Å². The van der Waals surface area contributed by atoms with Crippen molar-refractivity contribution in [3.8, 4) is 0 Å². The molecular formula is C21H34IN7O. The quantitative estimate of drug-likeness (QED) is 0.251. The Hall–Kier alpha value is -2.17. The number of aryl methyl sites for hydroxylation is 1. The van der Waals surface area contributed by atoms with Crippen molar-refractivity contribution >= 4 is 35.8 Å². The highest BCUT2D eigenvalue weighted by Crippen LogP contribution is 2.07. The van der Waals surface area contributed by atoms with Crippen LogP contribution in [0.1, 0.15) is 55.9 Å². The Morgan fingerprint density at radius 1 is 1.23 bits per heavy atom. The maximum absolute atomic E-state index is 12.3. The van der Waals surface area contributed by atoms with Crippen LogP contribution in [0.3, 0.4) is 0 Å². The van der Waals surface area contributed by atoms with E-state index in [2.05, 4.69) is 45.0 Å². The Labute approximate surface area is 196 Å². The largest absolute Gasteiger partial charge is 0.357 e. The number of aliphatic imine (C=N–C) groups is 1. The van der Waals surface area contributed by atoms with Gasteiger partial charge in [-0.15, -0.1) is 34.2 Å². The summed E-state index contributed by atoms with van der Waals surface area (Å²) in [5, 5.41) is 17.6. The van der Waals surface area contributed by atoms with Crippen LogP contribution in [-0.2, 0) is 19.5 Å². The second kappa shape index (κ2) is 13.9. The van der Waals surface area contributed by atoms with Crippen molar-refractivity contribution in [1.29, 1.82) is 0 Å². The van der Waals surface area contributed by atoms with Crippen molar-refractivity contribution in [2.75, 3.05) is 13.1 Å². The molecule has 1 aromatic carbocycles. The molecule has 9 heteroatoms. The number of hydrogen-bond donors (Lipinski definition) is 3. The summed E-state index contributed by atoms with van der Waals surface area (Å²) in [6, 6.07) is 7.77. The van der Waals surface area contributed by atoms with Gasteiger partial charge in [-0.05, 0) is 38.0 Å². The van der Waals surface area contributed by atoms with Gasteiger partial charge in [0.2, 0.25) is 0 Å². The minimum Gasteiger partial charge on any atom is -0.357 e. The lowest BCUT2D eigenvalue weighted by molar-refractivity contribution is 0.0939. The predicted octanol–water partition coefficient (Wildman–Crippen LogP) is 2.74. The number of amides is 1. The minimum atomic E-state index is -0.0455. The summed E-state index contributed by atoms with van der Waals surface area (Å²) in [7, 11) is 0. The molecule has 0 aliphatic heterocycles. The van der Waals surface area contributed by atoms with E-state index in [1.807, 2.05) is 42.7 Å². The van der Waals surface area contributed by atoms with Crippen molar-refractivity contribution in [1.82, 2.24) is 30.7 Å². The fourth-order valence-corrected chi connectivity index (χ4v) is 2.77. The van der Waals surface area contributed by atoms with Gasteiger partial charge in [0, 0.05) is 37.7 Å². The molecule has 0 saturated carbocycles. The normalized spacial score (nSPS) is 12.1. The Balaban J connectivity index is 0.00000450. The number of hydrogen-bond acceptors (Lipinski definition) is 4. The van der Waals surface area contributed by atoms with Gasteiger partial charge in [-0.25, -0.2) is 4.99 Å². The number of aromatic nitrogens is 3. The average Bonchev–Trinajstić information content (AvgIpc) is 3.19. The van der Waals surface area contributed by atoms with Crippen LogP contribution >= 0.6 is 24.0 Å². The molecule has 30 heavy (non-hydrogen) atoms. The Bertz CT molecular complexity index is 806. The van der Waals surface area contributed by atoms with E-state index in [1.54, 1.807) is 6.33 Å². The molecular weight excluding hydrogens is 493 g/mol. The van der Waals surface area contributed by atoms with Gasteiger partial charge >= 0.3 is 0 Å². The number of guanidine groups is 1. The van der Waals surface area contributed by atoms with E-state index < -0.39 is 0 Å². The Morgan fingerprint density at radius 2 is 2.03 bits per heavy atom. The summed E-state index contributed by atoms with van der Waals surface area (Å²) in [6.45, 7) is 10.9. The van der Waals surface area contributed by atoms with Gasteiger partial charge < -0.3 is 20.5 Å². The number of nitrogens with zero attached hydrogens (tertiary/aromatic N) is 4. The molecule has 2 aromatic rings. The molecule has 1 aromatic heterocycles. The molecule has 0 spiro atoms. The number of rotatable bonds is 10. The van der Waals surface area contributed by atoms with E-state index in [0.717, 1.165) is 43.3 Å². The van der Waals surface area contributed by atoms with Crippen LogP contribution in [0.15, 0.2) is 35.6 Å². The standard InChI is InChI=1S/C21H33N7O.HI/c1-5-16(4)26-20(29)18-10-8-9-17(13-18)14-24-21(22-7-3)23-11-12-28-15-25-27-19(28)6-2;/h8-10,13,15-16H,5-7,11-12,14H2,1-4H3,(H,26,29)(H2,22,23,24);1H. The van der Waals surface area contributed by atoms with E-state index in [9.17, 15) is 4.79 Å². The summed E-state index contributed by atoms with van der Waals surface area (Å²) in [6.07, 6.45) is 3.51. The van der Waals surface area contributed by atoms with Crippen LogP contribution in [0.2, 0.25) is 0 Å². The lowest BCUT2D eigenvalue weighted by Crippen LogP contribution is -2.39. The van der Waals surface area contributed by atoms with Crippen molar-refractivity contribution in [3.05, 3.63) is 47.5 Å².